The Morgan fingerprint density at radius 1 is 1.06 bits per heavy atom. The van der Waals surface area contributed by atoms with Crippen LogP contribution >= 0.6 is 0 Å². The fourth-order valence-electron chi connectivity index (χ4n) is 3.76. The number of hydrogen-bond donors (Lipinski definition) is 0. The lowest BCUT2D eigenvalue weighted by molar-refractivity contribution is 0.108. The van der Waals surface area contributed by atoms with Crippen molar-refractivity contribution < 1.29 is 0 Å². The van der Waals surface area contributed by atoms with Crippen LogP contribution in [0.3, 0.4) is 0 Å². The summed E-state index contributed by atoms with van der Waals surface area (Å²) in [7, 11) is 0. The van der Waals surface area contributed by atoms with Gasteiger partial charge in [0, 0.05) is 0 Å². The van der Waals surface area contributed by atoms with Gasteiger partial charge >= 0.3 is 0 Å². The zero-order valence-corrected chi connectivity index (χ0v) is 10.5. The molecule has 0 heterocycles. The maximum Gasteiger partial charge on any atom is 0.129 e. The fourth-order valence-corrected chi connectivity index (χ4v) is 3.76. The summed E-state index contributed by atoms with van der Waals surface area (Å²) in [6, 6.07) is 4.15. The molecule has 2 nitrogen and oxygen atoms in total. The van der Waals surface area contributed by atoms with Crippen LogP contribution in [0.5, 0.6) is 0 Å². The van der Waals surface area contributed by atoms with E-state index in [2.05, 4.69) is 39.8 Å². The summed E-state index contributed by atoms with van der Waals surface area (Å²) in [5.41, 5.74) is 1.96. The van der Waals surface area contributed by atoms with Crippen LogP contribution in [0, 0.1) is 38.9 Å². The van der Waals surface area contributed by atoms with E-state index < -0.39 is 0 Å². The van der Waals surface area contributed by atoms with E-state index in [0.717, 1.165) is 18.4 Å². The second-order valence-electron chi connectivity index (χ2n) is 6.27. The molecule has 2 aliphatic rings. The number of hydrogen-bond acceptors (Lipinski definition) is 2. The molecule has 2 fully saturated rings. The summed E-state index contributed by atoms with van der Waals surface area (Å²) in [6.45, 7) is 9.12. The molecule has 2 atom stereocenters. The molecule has 0 saturated heterocycles. The van der Waals surface area contributed by atoms with Crippen molar-refractivity contribution in [3.05, 3.63) is 11.1 Å². The third kappa shape index (κ3) is 0.957. The van der Waals surface area contributed by atoms with Crippen molar-refractivity contribution in [1.82, 2.24) is 0 Å². The van der Waals surface area contributed by atoms with Gasteiger partial charge < -0.3 is 0 Å². The lowest BCUT2D eigenvalue weighted by Gasteiger charge is -2.38. The van der Waals surface area contributed by atoms with Crippen LogP contribution < -0.4 is 0 Å². The summed E-state index contributed by atoms with van der Waals surface area (Å²) >= 11 is 0. The highest BCUT2D eigenvalue weighted by atomic mass is 14.7. The molecule has 16 heavy (non-hydrogen) atoms. The van der Waals surface area contributed by atoms with Crippen molar-refractivity contribution in [1.29, 1.82) is 10.5 Å². The summed E-state index contributed by atoms with van der Waals surface area (Å²) in [4.78, 5) is 0. The van der Waals surface area contributed by atoms with Gasteiger partial charge in [-0.3, -0.25) is 0 Å². The lowest BCUT2D eigenvalue weighted by Crippen LogP contribution is -2.32. The summed E-state index contributed by atoms with van der Waals surface area (Å²) in [5, 5.41) is 18.1. The molecule has 2 bridgehead atoms. The zero-order chi connectivity index (χ0) is 12.2. The Morgan fingerprint density at radius 2 is 1.62 bits per heavy atom. The normalized spacial score (nSPS) is 39.2. The maximum atomic E-state index is 9.05. The number of allylic oxidation sites excluding steroid dienone is 2. The molecule has 0 N–H and O–H groups in total. The summed E-state index contributed by atoms with van der Waals surface area (Å²) < 4.78 is 0. The molecule has 0 unspecified atom stereocenters. The van der Waals surface area contributed by atoms with Gasteiger partial charge in [0.2, 0.25) is 0 Å². The van der Waals surface area contributed by atoms with Gasteiger partial charge in [0.1, 0.15) is 17.7 Å². The third-order valence-electron chi connectivity index (χ3n) is 5.82. The van der Waals surface area contributed by atoms with Crippen LogP contribution in [0.25, 0.3) is 0 Å². The molecule has 0 amide bonds. The standard InChI is InChI=1S/C14H18N2/c1-12(2)13(3)5-6-14(12,4)11(7-13)10(8-15)9-16/h5-7H2,1-4H3/t13-,14+/m0/s1. The van der Waals surface area contributed by atoms with Crippen molar-refractivity contribution in [3.8, 4) is 12.1 Å². The molecule has 0 aromatic carbocycles. The topological polar surface area (TPSA) is 47.6 Å². The fraction of sp³-hybridized carbons (Fsp3) is 0.714. The Morgan fingerprint density at radius 3 is 1.94 bits per heavy atom. The van der Waals surface area contributed by atoms with Crippen molar-refractivity contribution in [3.63, 3.8) is 0 Å². The Labute approximate surface area is 97.6 Å². The molecule has 2 rings (SSSR count). The first kappa shape index (κ1) is 11.2. The average molecular weight is 214 g/mol. The van der Waals surface area contributed by atoms with E-state index in [4.69, 9.17) is 10.5 Å². The lowest BCUT2D eigenvalue weighted by atomic mass is 9.65. The first-order valence-electron chi connectivity index (χ1n) is 5.86. The van der Waals surface area contributed by atoms with E-state index in [9.17, 15) is 0 Å². The molecule has 84 valence electrons. The number of nitriles is 2. The van der Waals surface area contributed by atoms with Crippen LogP contribution in [-0.2, 0) is 0 Å². The van der Waals surface area contributed by atoms with Gasteiger partial charge in [-0.2, -0.15) is 10.5 Å². The van der Waals surface area contributed by atoms with E-state index in [1.54, 1.807) is 0 Å². The quantitative estimate of drug-likeness (QED) is 0.579. The predicted octanol–water partition coefficient (Wildman–Crippen LogP) is 3.57. The van der Waals surface area contributed by atoms with E-state index in [-0.39, 0.29) is 16.2 Å². The summed E-state index contributed by atoms with van der Waals surface area (Å²) in [5.74, 6) is 0. The largest absolute Gasteiger partial charge is 0.192 e. The van der Waals surface area contributed by atoms with Gasteiger partial charge in [-0.15, -0.1) is 0 Å². The van der Waals surface area contributed by atoms with Crippen molar-refractivity contribution in [2.45, 2.75) is 47.0 Å². The Bertz CT molecular complexity index is 442. The molecule has 2 heteroatoms. The summed E-state index contributed by atoms with van der Waals surface area (Å²) in [6.07, 6.45) is 3.25. The number of fused-ring (bicyclic) bond motifs is 2. The minimum atomic E-state index is 0.0442. The predicted molar refractivity (Wildman–Crippen MR) is 62.1 cm³/mol. The van der Waals surface area contributed by atoms with Crippen LogP contribution in [0.15, 0.2) is 11.1 Å². The smallest absolute Gasteiger partial charge is 0.129 e. The number of rotatable bonds is 0. The molecule has 0 spiro atoms. The monoisotopic (exact) mass is 214 g/mol. The van der Waals surface area contributed by atoms with E-state index in [1.807, 2.05) is 0 Å². The molecular weight excluding hydrogens is 196 g/mol. The molecule has 2 aliphatic carbocycles. The highest BCUT2D eigenvalue weighted by Gasteiger charge is 2.65. The average Bonchev–Trinajstić information content (AvgIpc) is 2.49. The zero-order valence-electron chi connectivity index (χ0n) is 10.5. The minimum Gasteiger partial charge on any atom is -0.192 e. The highest BCUT2D eigenvalue weighted by molar-refractivity contribution is 5.48. The molecule has 0 aromatic rings. The van der Waals surface area contributed by atoms with Gasteiger partial charge in [-0.1, -0.05) is 27.7 Å². The Balaban J connectivity index is 2.66. The Kier molecular flexibility index (Phi) is 2.02. The van der Waals surface area contributed by atoms with E-state index in [0.29, 0.717) is 5.57 Å². The minimum absolute atomic E-state index is 0.0442. The van der Waals surface area contributed by atoms with Crippen molar-refractivity contribution in [2.24, 2.45) is 16.2 Å². The third-order valence-corrected chi connectivity index (χ3v) is 5.82. The van der Waals surface area contributed by atoms with Gasteiger partial charge in [-0.05, 0) is 41.1 Å². The Hall–Kier alpha value is -1.28. The van der Waals surface area contributed by atoms with Crippen LogP contribution in [0.4, 0.5) is 0 Å². The van der Waals surface area contributed by atoms with Crippen molar-refractivity contribution >= 4 is 0 Å². The maximum absolute atomic E-state index is 9.05. The van der Waals surface area contributed by atoms with Crippen LogP contribution in [0.1, 0.15) is 47.0 Å². The molecule has 0 radical (unpaired) electrons. The molecule has 2 saturated carbocycles. The first-order chi connectivity index (χ1) is 7.32. The van der Waals surface area contributed by atoms with Gasteiger partial charge in [0.25, 0.3) is 0 Å². The van der Waals surface area contributed by atoms with Gasteiger partial charge in [0.15, 0.2) is 0 Å². The molecule has 0 aromatic heterocycles. The van der Waals surface area contributed by atoms with E-state index >= 15 is 0 Å². The first-order valence-corrected chi connectivity index (χ1v) is 5.86. The SMILES string of the molecule is CC1(C)[C@@]2(C)CC[C@]1(C)C(=C(C#N)C#N)C2. The highest BCUT2D eigenvalue weighted by Crippen LogP contribution is 2.74. The molecule has 0 aliphatic heterocycles. The van der Waals surface area contributed by atoms with Crippen LogP contribution in [-0.4, -0.2) is 0 Å². The van der Waals surface area contributed by atoms with Gasteiger partial charge in [0.05, 0.1) is 0 Å². The second-order valence-corrected chi connectivity index (χ2v) is 6.27. The van der Waals surface area contributed by atoms with E-state index in [1.165, 1.54) is 6.42 Å². The molecular formula is C14H18N2. The second kappa shape index (κ2) is 2.89. The van der Waals surface area contributed by atoms with Crippen molar-refractivity contribution in [2.75, 3.05) is 0 Å². The van der Waals surface area contributed by atoms with Gasteiger partial charge in [-0.25, -0.2) is 0 Å². The van der Waals surface area contributed by atoms with Crippen LogP contribution in [0.2, 0.25) is 0 Å². The number of nitrogens with zero attached hydrogens (tertiary/aromatic N) is 2.